The topological polar surface area (TPSA) is 61.8 Å². The summed E-state index contributed by atoms with van der Waals surface area (Å²) in [6, 6.07) is 0. The molecular weight excluding hydrogens is 261 g/mol. The van der Waals surface area contributed by atoms with E-state index in [4.69, 9.17) is 24.8 Å². The van der Waals surface area contributed by atoms with Gasteiger partial charge in [0.1, 0.15) is 0 Å². The van der Waals surface area contributed by atoms with Crippen LogP contribution in [0.4, 0.5) is 0 Å². The van der Waals surface area contributed by atoms with Crippen LogP contribution in [0.1, 0.15) is 20.8 Å². The van der Waals surface area contributed by atoms with E-state index < -0.39 is 14.3 Å². The van der Waals surface area contributed by atoms with Crippen molar-refractivity contribution in [1.82, 2.24) is 0 Å². The molecule has 92 valence electrons. The molecule has 8 heteroatoms. The van der Waals surface area contributed by atoms with Crippen LogP contribution in [0.25, 0.3) is 0 Å². The first-order valence-electron chi connectivity index (χ1n) is 4.59. The third-order valence-electron chi connectivity index (χ3n) is 1.20. The van der Waals surface area contributed by atoms with Crippen molar-refractivity contribution < 1.29 is 22.7 Å². The summed E-state index contributed by atoms with van der Waals surface area (Å²) in [6.07, 6.45) is 0. The Labute approximate surface area is 95.2 Å². The molecule has 0 saturated heterocycles. The molecule has 15 heavy (non-hydrogen) atoms. The number of hydrogen-bond acceptors (Lipinski definition) is 5. The van der Waals surface area contributed by atoms with Crippen LogP contribution in [0.3, 0.4) is 0 Å². The minimum Gasteiger partial charge on any atom is -0.339 e. The van der Waals surface area contributed by atoms with E-state index in [2.05, 4.69) is 0 Å². The van der Waals surface area contributed by atoms with Crippen molar-refractivity contribution in [2.24, 2.45) is 0 Å². The minimum absolute atomic E-state index is 0.162. The van der Waals surface area contributed by atoms with E-state index >= 15 is 0 Å². The molecule has 1 unspecified atom stereocenters. The van der Waals surface area contributed by atoms with Gasteiger partial charge in [0.2, 0.25) is 0 Å². The molecule has 0 aliphatic rings. The standard InChI is InChI=1S/C7H16ClO5P2/c1-4-11-14(8,9)7-15(10,12-5-2)13-6-3/h7H,4-6H2,1-3H3/q-1. The molecule has 0 saturated carbocycles. The van der Waals surface area contributed by atoms with Crippen molar-refractivity contribution in [3.63, 3.8) is 0 Å². The fourth-order valence-electron chi connectivity index (χ4n) is 0.842. The molecule has 0 spiro atoms. The third-order valence-corrected chi connectivity index (χ3v) is 6.36. The second-order valence-electron chi connectivity index (χ2n) is 2.43. The molecule has 5 nitrogen and oxygen atoms in total. The predicted molar refractivity (Wildman–Crippen MR) is 60.2 cm³/mol. The Balaban J connectivity index is 4.53. The van der Waals surface area contributed by atoms with Crippen molar-refractivity contribution in [3.05, 3.63) is 5.90 Å². The fourth-order valence-corrected chi connectivity index (χ4v) is 5.39. The highest BCUT2D eigenvalue weighted by atomic mass is 35.7. The van der Waals surface area contributed by atoms with Crippen molar-refractivity contribution >= 4 is 25.6 Å². The Morgan fingerprint density at radius 2 is 1.40 bits per heavy atom. The highest BCUT2D eigenvalue weighted by Gasteiger charge is 2.23. The summed E-state index contributed by atoms with van der Waals surface area (Å²) in [7, 11) is -3.52. The van der Waals surface area contributed by atoms with E-state index in [0.717, 1.165) is 5.90 Å². The van der Waals surface area contributed by atoms with Gasteiger partial charge in [-0.15, -0.1) is 5.90 Å². The van der Waals surface area contributed by atoms with E-state index in [1.165, 1.54) is 0 Å². The normalized spacial score (nSPS) is 16.3. The van der Waals surface area contributed by atoms with Gasteiger partial charge in [0.05, 0.1) is 19.8 Å². The van der Waals surface area contributed by atoms with Crippen molar-refractivity contribution in [2.75, 3.05) is 19.8 Å². The number of halogens is 1. The minimum atomic E-state index is -3.54. The molecule has 0 aliphatic carbocycles. The van der Waals surface area contributed by atoms with E-state index in [1.54, 1.807) is 20.8 Å². The van der Waals surface area contributed by atoms with E-state index in [9.17, 15) is 9.13 Å². The van der Waals surface area contributed by atoms with Crippen LogP contribution in [0.15, 0.2) is 0 Å². The van der Waals surface area contributed by atoms with Gasteiger partial charge in [-0.2, -0.15) is 0 Å². The average molecular weight is 278 g/mol. The lowest BCUT2D eigenvalue weighted by Gasteiger charge is -2.28. The lowest BCUT2D eigenvalue weighted by molar-refractivity contribution is 0.226. The average Bonchev–Trinajstić information content (AvgIpc) is 2.02. The number of rotatable bonds is 8. The van der Waals surface area contributed by atoms with E-state index in [0.29, 0.717) is 0 Å². The first kappa shape index (κ1) is 15.6. The quantitative estimate of drug-likeness (QED) is 0.498. The summed E-state index contributed by atoms with van der Waals surface area (Å²) in [6.45, 7) is 1.92. The Bertz CT molecular complexity index is 260. The van der Waals surface area contributed by atoms with Crippen molar-refractivity contribution in [1.29, 1.82) is 0 Å². The van der Waals surface area contributed by atoms with Crippen LogP contribution in [-0.2, 0) is 22.7 Å². The summed E-state index contributed by atoms with van der Waals surface area (Å²) in [4.78, 5) is 0. The van der Waals surface area contributed by atoms with Gasteiger partial charge in [-0.3, -0.25) is 4.57 Å². The summed E-state index contributed by atoms with van der Waals surface area (Å²) in [5.41, 5.74) is 0. The Kier molecular flexibility index (Phi) is 7.35. The summed E-state index contributed by atoms with van der Waals surface area (Å²) < 4.78 is 37.9. The molecule has 0 amide bonds. The van der Waals surface area contributed by atoms with Crippen LogP contribution >= 0.6 is 25.6 Å². The molecule has 0 N–H and O–H groups in total. The lowest BCUT2D eigenvalue weighted by atomic mass is 10.9. The van der Waals surface area contributed by atoms with Crippen LogP contribution < -0.4 is 0 Å². The smallest absolute Gasteiger partial charge is 0.197 e. The van der Waals surface area contributed by atoms with Crippen LogP contribution in [0.5, 0.6) is 0 Å². The molecule has 0 bridgehead atoms. The van der Waals surface area contributed by atoms with Gasteiger partial charge < -0.3 is 18.1 Å². The molecule has 0 heterocycles. The molecule has 0 aromatic heterocycles. The van der Waals surface area contributed by atoms with E-state index in [-0.39, 0.29) is 19.8 Å². The maximum absolute atomic E-state index is 11.9. The van der Waals surface area contributed by atoms with Gasteiger partial charge in [-0.1, -0.05) is 11.2 Å². The third kappa shape index (κ3) is 6.72. The van der Waals surface area contributed by atoms with Gasteiger partial charge in [0.25, 0.3) is 0 Å². The van der Waals surface area contributed by atoms with Crippen LogP contribution in [-0.4, -0.2) is 19.8 Å². The summed E-state index contributed by atoms with van der Waals surface area (Å²) >= 11 is 5.54. The molecule has 0 aromatic rings. The highest BCUT2D eigenvalue weighted by Crippen LogP contribution is 2.70. The Hall–Kier alpha value is 0.630. The first-order valence-corrected chi connectivity index (χ1v) is 8.80. The van der Waals surface area contributed by atoms with E-state index in [1.807, 2.05) is 0 Å². The molecule has 0 aliphatic heterocycles. The fraction of sp³-hybridized carbons (Fsp3) is 0.857. The largest absolute Gasteiger partial charge is 0.339 e. The van der Waals surface area contributed by atoms with Gasteiger partial charge in [-0.25, -0.2) is 0 Å². The molecule has 0 rings (SSSR count). The molecule has 0 aromatic carbocycles. The molecule has 0 radical (unpaired) electrons. The van der Waals surface area contributed by atoms with Crippen molar-refractivity contribution in [2.45, 2.75) is 20.8 Å². The second kappa shape index (κ2) is 7.05. The monoisotopic (exact) mass is 277 g/mol. The zero-order valence-electron chi connectivity index (χ0n) is 9.01. The highest BCUT2D eigenvalue weighted by molar-refractivity contribution is 7.94. The van der Waals surface area contributed by atoms with Crippen LogP contribution in [0, 0.1) is 5.90 Å². The van der Waals surface area contributed by atoms with Crippen molar-refractivity contribution in [3.8, 4) is 0 Å². The summed E-state index contributed by atoms with van der Waals surface area (Å²) in [5.74, 6) is 0.845. The second-order valence-corrected chi connectivity index (χ2v) is 7.66. The Morgan fingerprint density at radius 1 is 1.00 bits per heavy atom. The zero-order chi connectivity index (χ0) is 11.9. The first-order chi connectivity index (χ1) is 6.89. The SMILES string of the molecule is CCOP(=O)(Cl)[CH-]P(=O)(OCC)OCC. The molecule has 1 atom stereocenters. The predicted octanol–water partition coefficient (Wildman–Crippen LogP) is 3.84. The lowest BCUT2D eigenvalue weighted by Crippen LogP contribution is -1.97. The van der Waals surface area contributed by atoms with Gasteiger partial charge in [0.15, 0.2) is 14.3 Å². The molecular formula is C7H16ClO5P2-. The van der Waals surface area contributed by atoms with Gasteiger partial charge in [0, 0.05) is 0 Å². The molecule has 0 fully saturated rings. The zero-order valence-corrected chi connectivity index (χ0v) is 11.6. The Morgan fingerprint density at radius 3 is 1.73 bits per heavy atom. The van der Waals surface area contributed by atoms with Gasteiger partial charge in [-0.05, 0) is 20.8 Å². The number of hydrogen-bond donors (Lipinski definition) is 0. The van der Waals surface area contributed by atoms with Crippen LogP contribution in [0.2, 0.25) is 0 Å². The maximum atomic E-state index is 11.9. The summed E-state index contributed by atoms with van der Waals surface area (Å²) in [5, 5.41) is 0. The van der Waals surface area contributed by atoms with Gasteiger partial charge >= 0.3 is 0 Å². The maximum Gasteiger partial charge on any atom is 0.197 e.